The van der Waals surface area contributed by atoms with Crippen LogP contribution < -0.4 is 4.74 Å². The molecule has 0 saturated carbocycles. The summed E-state index contributed by atoms with van der Waals surface area (Å²) in [6.07, 6.45) is 0.578. The van der Waals surface area contributed by atoms with Gasteiger partial charge in [0.05, 0.1) is 4.92 Å². The van der Waals surface area contributed by atoms with E-state index in [4.69, 9.17) is 4.74 Å². The van der Waals surface area contributed by atoms with E-state index in [1.807, 2.05) is 0 Å². The van der Waals surface area contributed by atoms with Crippen LogP contribution in [0, 0.1) is 15.9 Å². The predicted octanol–water partition coefficient (Wildman–Crippen LogP) is 3.13. The Morgan fingerprint density at radius 3 is 2.50 bits per heavy atom. The molecule has 0 aromatic heterocycles. The molecule has 2 rings (SSSR count). The molecule has 0 unspecified atom stereocenters. The van der Waals surface area contributed by atoms with E-state index in [1.54, 1.807) is 0 Å². The first-order valence-electron chi connectivity index (χ1n) is 5.71. The summed E-state index contributed by atoms with van der Waals surface area (Å²) in [5, 5.41) is 10.9. The lowest BCUT2D eigenvalue weighted by molar-refractivity contribution is -0.385. The summed E-state index contributed by atoms with van der Waals surface area (Å²) in [7, 11) is 0. The van der Waals surface area contributed by atoms with Gasteiger partial charge in [-0.25, -0.2) is 4.39 Å². The van der Waals surface area contributed by atoms with Crippen molar-refractivity contribution in [1.29, 1.82) is 0 Å². The minimum Gasteiger partial charge on any atom is -0.482 e. The van der Waals surface area contributed by atoms with E-state index in [-0.39, 0.29) is 29.4 Å². The average Bonchev–Trinajstić information content (AvgIpc) is 2.46. The lowest BCUT2D eigenvalue weighted by atomic mass is 10.2. The number of rotatable bonds is 5. The third-order valence-electron chi connectivity index (χ3n) is 2.62. The number of hydrogen-bond donors (Lipinski definition) is 0. The Labute approximate surface area is 113 Å². The Morgan fingerprint density at radius 2 is 1.90 bits per heavy atom. The van der Waals surface area contributed by atoms with E-state index in [0.717, 1.165) is 0 Å². The first-order chi connectivity index (χ1) is 9.60. The molecule has 20 heavy (non-hydrogen) atoms. The number of benzene rings is 2. The van der Waals surface area contributed by atoms with Crippen LogP contribution in [-0.4, -0.2) is 11.2 Å². The molecule has 0 N–H and O–H groups in total. The van der Waals surface area contributed by atoms with Crippen LogP contribution in [-0.2, 0) is 6.61 Å². The van der Waals surface area contributed by atoms with Gasteiger partial charge in [-0.05, 0) is 29.8 Å². The Kier molecular flexibility index (Phi) is 4.05. The van der Waals surface area contributed by atoms with Crippen molar-refractivity contribution in [2.24, 2.45) is 0 Å². The Balaban J connectivity index is 2.20. The molecule has 0 spiro atoms. The molecular weight excluding hydrogens is 265 g/mol. The van der Waals surface area contributed by atoms with Gasteiger partial charge in [0.2, 0.25) is 0 Å². The zero-order valence-corrected chi connectivity index (χ0v) is 10.3. The number of nitro benzene ring substituents is 1. The summed E-state index contributed by atoms with van der Waals surface area (Å²) in [6, 6.07) is 9.44. The molecule has 0 radical (unpaired) electrons. The fourth-order valence-corrected chi connectivity index (χ4v) is 1.61. The second-order valence-electron chi connectivity index (χ2n) is 4.02. The number of nitro groups is 1. The molecule has 0 atom stereocenters. The zero-order chi connectivity index (χ0) is 14.5. The topological polar surface area (TPSA) is 69.4 Å². The molecule has 0 amide bonds. The molecule has 0 bridgehead atoms. The van der Waals surface area contributed by atoms with Crippen LogP contribution in [0.4, 0.5) is 10.1 Å². The molecule has 2 aromatic carbocycles. The van der Waals surface area contributed by atoms with Crippen LogP contribution in [0.1, 0.15) is 15.9 Å². The van der Waals surface area contributed by atoms with Crippen molar-refractivity contribution >= 4 is 12.0 Å². The summed E-state index contributed by atoms with van der Waals surface area (Å²) >= 11 is 0. The molecule has 6 heteroatoms. The van der Waals surface area contributed by atoms with Crippen molar-refractivity contribution in [2.45, 2.75) is 6.61 Å². The summed E-state index contributed by atoms with van der Waals surface area (Å²) in [6.45, 7) is 0.0451. The number of ether oxygens (including phenoxy) is 1. The monoisotopic (exact) mass is 275 g/mol. The second-order valence-corrected chi connectivity index (χ2v) is 4.02. The molecule has 0 aliphatic carbocycles. The lowest BCUT2D eigenvalue weighted by Crippen LogP contribution is -2.00. The van der Waals surface area contributed by atoms with Crippen LogP contribution in [0.2, 0.25) is 0 Å². The van der Waals surface area contributed by atoms with Crippen molar-refractivity contribution < 1.29 is 18.8 Å². The highest BCUT2D eigenvalue weighted by Crippen LogP contribution is 2.28. The minimum absolute atomic E-state index is 0.00363. The van der Waals surface area contributed by atoms with E-state index in [2.05, 4.69) is 0 Å². The van der Waals surface area contributed by atoms with Crippen LogP contribution in [0.5, 0.6) is 5.75 Å². The number of nitrogens with zero attached hydrogens (tertiary/aromatic N) is 1. The van der Waals surface area contributed by atoms with E-state index in [0.29, 0.717) is 11.8 Å². The van der Waals surface area contributed by atoms with E-state index >= 15 is 0 Å². The first kappa shape index (κ1) is 13.7. The molecule has 5 nitrogen and oxygen atoms in total. The molecular formula is C14H10FNO4. The normalized spacial score (nSPS) is 10.1. The van der Waals surface area contributed by atoms with Crippen LogP contribution in [0.3, 0.4) is 0 Å². The number of hydrogen-bond acceptors (Lipinski definition) is 4. The molecule has 0 fully saturated rings. The van der Waals surface area contributed by atoms with Crippen molar-refractivity contribution in [3.8, 4) is 5.75 Å². The number of aldehydes is 1. The van der Waals surface area contributed by atoms with Gasteiger partial charge in [0, 0.05) is 11.6 Å². The van der Waals surface area contributed by atoms with Crippen molar-refractivity contribution in [2.75, 3.05) is 0 Å². The van der Waals surface area contributed by atoms with Gasteiger partial charge < -0.3 is 4.74 Å². The summed E-state index contributed by atoms with van der Waals surface area (Å²) in [5.74, 6) is -0.369. The zero-order valence-electron chi connectivity index (χ0n) is 10.3. The minimum atomic E-state index is -0.589. The van der Waals surface area contributed by atoms with Gasteiger partial charge in [-0.3, -0.25) is 14.9 Å². The fourth-order valence-electron chi connectivity index (χ4n) is 1.61. The Hall–Kier alpha value is -2.76. The summed E-state index contributed by atoms with van der Waals surface area (Å²) in [4.78, 5) is 21.0. The maximum absolute atomic E-state index is 12.7. The molecule has 0 saturated heterocycles. The van der Waals surface area contributed by atoms with E-state index < -0.39 is 4.92 Å². The third-order valence-corrected chi connectivity index (χ3v) is 2.62. The Bertz CT molecular complexity index is 640. The largest absolute Gasteiger partial charge is 0.482 e. The molecule has 0 aliphatic heterocycles. The highest BCUT2D eigenvalue weighted by molar-refractivity contribution is 5.76. The Morgan fingerprint density at radius 1 is 1.20 bits per heavy atom. The van der Waals surface area contributed by atoms with Crippen LogP contribution in [0.25, 0.3) is 0 Å². The van der Waals surface area contributed by atoms with Gasteiger partial charge in [-0.2, -0.15) is 0 Å². The smallest absolute Gasteiger partial charge is 0.310 e. The average molecular weight is 275 g/mol. The van der Waals surface area contributed by atoms with Crippen molar-refractivity contribution in [3.63, 3.8) is 0 Å². The SMILES string of the molecule is O=Cc1ccc([N+](=O)[O-])c(OCc2ccc(F)cc2)c1. The fraction of sp³-hybridized carbons (Fsp3) is 0.0714. The number of carbonyl (C=O) groups excluding carboxylic acids is 1. The van der Waals surface area contributed by atoms with Crippen molar-refractivity contribution in [1.82, 2.24) is 0 Å². The molecule has 0 heterocycles. The van der Waals surface area contributed by atoms with Gasteiger partial charge in [-0.15, -0.1) is 0 Å². The third kappa shape index (κ3) is 3.17. The van der Waals surface area contributed by atoms with Gasteiger partial charge in [0.25, 0.3) is 0 Å². The number of halogens is 1. The first-order valence-corrected chi connectivity index (χ1v) is 5.71. The van der Waals surface area contributed by atoms with E-state index in [1.165, 1.54) is 42.5 Å². The molecule has 2 aromatic rings. The van der Waals surface area contributed by atoms with Gasteiger partial charge in [0.15, 0.2) is 5.75 Å². The molecule has 102 valence electrons. The number of carbonyl (C=O) groups is 1. The highest BCUT2D eigenvalue weighted by atomic mass is 19.1. The highest BCUT2D eigenvalue weighted by Gasteiger charge is 2.15. The maximum atomic E-state index is 12.7. The van der Waals surface area contributed by atoms with E-state index in [9.17, 15) is 19.3 Å². The maximum Gasteiger partial charge on any atom is 0.310 e. The van der Waals surface area contributed by atoms with Crippen LogP contribution in [0.15, 0.2) is 42.5 Å². The van der Waals surface area contributed by atoms with Crippen molar-refractivity contribution in [3.05, 3.63) is 69.5 Å². The van der Waals surface area contributed by atoms with Gasteiger partial charge >= 0.3 is 5.69 Å². The van der Waals surface area contributed by atoms with Gasteiger partial charge in [0.1, 0.15) is 18.7 Å². The second kappa shape index (κ2) is 5.92. The summed E-state index contributed by atoms with van der Waals surface area (Å²) < 4.78 is 18.1. The van der Waals surface area contributed by atoms with Crippen LogP contribution >= 0.6 is 0 Å². The summed E-state index contributed by atoms with van der Waals surface area (Å²) in [5.41, 5.74) is 0.722. The quantitative estimate of drug-likeness (QED) is 0.477. The lowest BCUT2D eigenvalue weighted by Gasteiger charge is -2.07. The molecule has 0 aliphatic rings. The predicted molar refractivity (Wildman–Crippen MR) is 69.2 cm³/mol. The standard InChI is InChI=1S/C14H10FNO4/c15-12-4-1-10(2-5-12)9-20-14-7-11(8-17)3-6-13(14)16(18)19/h1-8H,9H2. The van der Waals surface area contributed by atoms with Gasteiger partial charge in [-0.1, -0.05) is 12.1 Å².